The maximum atomic E-state index is 10.8. The third-order valence-corrected chi connectivity index (χ3v) is 2.81. The summed E-state index contributed by atoms with van der Waals surface area (Å²) >= 11 is 0. The number of carbonyl (C=O) groups excluding carboxylic acids is 1. The van der Waals surface area contributed by atoms with Crippen LogP contribution in [0.15, 0.2) is 0 Å². The number of carbonyl (C=O) groups is 1. The Morgan fingerprint density at radius 1 is 1.50 bits per heavy atom. The molecule has 4 nitrogen and oxygen atoms in total. The van der Waals surface area contributed by atoms with Gasteiger partial charge in [-0.2, -0.15) is 10.4 Å². The summed E-state index contributed by atoms with van der Waals surface area (Å²) in [4.78, 5) is 10.8. The van der Waals surface area contributed by atoms with E-state index in [1.165, 1.54) is 0 Å². The number of hydrogen-bond donors (Lipinski definition) is 0. The van der Waals surface area contributed by atoms with Gasteiger partial charge in [-0.3, -0.25) is 9.48 Å². The Balaban J connectivity index is 2.84. The number of rotatable bonds is 4. The predicted molar refractivity (Wildman–Crippen MR) is 61.1 cm³/mol. The van der Waals surface area contributed by atoms with Crippen LogP contribution in [0.3, 0.4) is 0 Å². The van der Waals surface area contributed by atoms with E-state index in [2.05, 4.69) is 11.2 Å². The zero-order valence-corrected chi connectivity index (χ0v) is 10.2. The lowest BCUT2D eigenvalue weighted by Gasteiger charge is -2.15. The topological polar surface area (TPSA) is 58.7 Å². The van der Waals surface area contributed by atoms with Crippen LogP contribution in [0.2, 0.25) is 0 Å². The minimum Gasteiger partial charge on any atom is -0.298 e. The summed E-state index contributed by atoms with van der Waals surface area (Å²) in [7, 11) is 0. The maximum Gasteiger partial charge on any atom is 0.153 e. The molecule has 86 valence electrons. The Morgan fingerprint density at radius 3 is 2.56 bits per heavy atom. The molecular weight excluding hydrogens is 202 g/mol. The van der Waals surface area contributed by atoms with Crippen LogP contribution in [0.5, 0.6) is 0 Å². The van der Waals surface area contributed by atoms with Crippen molar-refractivity contribution in [2.45, 2.75) is 40.7 Å². The van der Waals surface area contributed by atoms with Gasteiger partial charge < -0.3 is 0 Å². The fourth-order valence-electron chi connectivity index (χ4n) is 1.54. The smallest absolute Gasteiger partial charge is 0.153 e. The van der Waals surface area contributed by atoms with E-state index in [0.29, 0.717) is 12.1 Å². The summed E-state index contributed by atoms with van der Waals surface area (Å²) in [6.45, 7) is 8.17. The fraction of sp³-hybridized carbons (Fsp3) is 0.583. The van der Waals surface area contributed by atoms with Crippen LogP contribution >= 0.6 is 0 Å². The van der Waals surface area contributed by atoms with Gasteiger partial charge in [-0.15, -0.1) is 0 Å². The molecule has 0 saturated heterocycles. The zero-order valence-electron chi connectivity index (χ0n) is 10.2. The van der Waals surface area contributed by atoms with E-state index in [1.807, 2.05) is 27.7 Å². The van der Waals surface area contributed by atoms with Gasteiger partial charge in [0.05, 0.1) is 22.7 Å². The number of hydrogen-bond acceptors (Lipinski definition) is 3. The van der Waals surface area contributed by atoms with Crippen LogP contribution in [0.25, 0.3) is 0 Å². The Morgan fingerprint density at radius 2 is 2.12 bits per heavy atom. The van der Waals surface area contributed by atoms with Crippen molar-refractivity contribution in [2.24, 2.45) is 5.41 Å². The maximum absolute atomic E-state index is 10.8. The van der Waals surface area contributed by atoms with Gasteiger partial charge in [-0.25, -0.2) is 0 Å². The highest BCUT2D eigenvalue weighted by molar-refractivity contribution is 5.77. The molecule has 0 aliphatic rings. The molecule has 0 saturated carbocycles. The Hall–Kier alpha value is -1.63. The fourth-order valence-corrected chi connectivity index (χ4v) is 1.54. The van der Waals surface area contributed by atoms with Crippen molar-refractivity contribution in [1.82, 2.24) is 9.78 Å². The van der Waals surface area contributed by atoms with Crippen LogP contribution in [0, 0.1) is 30.6 Å². The van der Waals surface area contributed by atoms with Crippen molar-refractivity contribution in [3.63, 3.8) is 0 Å². The first-order valence-corrected chi connectivity index (χ1v) is 5.31. The minimum atomic E-state index is -0.354. The molecule has 1 aromatic rings. The minimum absolute atomic E-state index is 0.354. The van der Waals surface area contributed by atoms with Crippen LogP contribution in [0.4, 0.5) is 0 Å². The molecule has 1 heterocycles. The van der Waals surface area contributed by atoms with Crippen molar-refractivity contribution in [2.75, 3.05) is 0 Å². The van der Waals surface area contributed by atoms with Crippen molar-refractivity contribution in [3.8, 4) is 6.07 Å². The molecule has 0 unspecified atom stereocenters. The largest absolute Gasteiger partial charge is 0.298 e. The molecule has 0 aliphatic heterocycles. The molecule has 0 aromatic carbocycles. The summed E-state index contributed by atoms with van der Waals surface area (Å²) in [5, 5.41) is 13.2. The van der Waals surface area contributed by atoms with Gasteiger partial charge in [0.15, 0.2) is 6.29 Å². The van der Waals surface area contributed by atoms with Crippen molar-refractivity contribution < 1.29 is 4.79 Å². The Kier molecular flexibility index (Phi) is 3.48. The first-order valence-electron chi connectivity index (χ1n) is 5.31. The van der Waals surface area contributed by atoms with E-state index in [0.717, 1.165) is 24.1 Å². The van der Waals surface area contributed by atoms with Crippen molar-refractivity contribution >= 4 is 6.29 Å². The number of aldehydes is 1. The van der Waals surface area contributed by atoms with Gasteiger partial charge in [0.25, 0.3) is 0 Å². The lowest BCUT2D eigenvalue weighted by Crippen LogP contribution is -2.14. The third-order valence-electron chi connectivity index (χ3n) is 2.81. The van der Waals surface area contributed by atoms with Crippen LogP contribution in [-0.2, 0) is 6.54 Å². The average Bonchev–Trinajstić information content (AvgIpc) is 2.51. The van der Waals surface area contributed by atoms with Gasteiger partial charge in [0.2, 0.25) is 0 Å². The van der Waals surface area contributed by atoms with Gasteiger partial charge in [0, 0.05) is 12.2 Å². The van der Waals surface area contributed by atoms with E-state index < -0.39 is 0 Å². The van der Waals surface area contributed by atoms with Gasteiger partial charge >= 0.3 is 0 Å². The molecule has 0 radical (unpaired) electrons. The Labute approximate surface area is 95.9 Å². The molecule has 0 aliphatic carbocycles. The summed E-state index contributed by atoms with van der Waals surface area (Å²) in [6, 6.07) is 2.26. The van der Waals surface area contributed by atoms with E-state index in [9.17, 15) is 4.79 Å². The monoisotopic (exact) mass is 219 g/mol. The van der Waals surface area contributed by atoms with Gasteiger partial charge in [0.1, 0.15) is 0 Å². The number of nitriles is 1. The number of aromatic nitrogens is 2. The van der Waals surface area contributed by atoms with E-state index in [4.69, 9.17) is 5.26 Å². The second kappa shape index (κ2) is 4.48. The van der Waals surface area contributed by atoms with Crippen molar-refractivity contribution in [1.29, 1.82) is 5.26 Å². The van der Waals surface area contributed by atoms with Gasteiger partial charge in [-0.1, -0.05) is 0 Å². The lowest BCUT2D eigenvalue weighted by molar-refractivity contribution is 0.112. The summed E-state index contributed by atoms with van der Waals surface area (Å²) in [5.74, 6) is 0. The Bertz CT molecular complexity index is 438. The highest BCUT2D eigenvalue weighted by Gasteiger charge is 2.18. The highest BCUT2D eigenvalue weighted by atomic mass is 16.1. The predicted octanol–water partition coefficient (Wildman–Crippen LogP) is 2.25. The average molecular weight is 219 g/mol. The molecule has 0 fully saturated rings. The second-order valence-corrected chi connectivity index (χ2v) is 4.67. The highest BCUT2D eigenvalue weighted by Crippen LogP contribution is 2.20. The molecule has 0 amide bonds. The summed E-state index contributed by atoms with van der Waals surface area (Å²) < 4.78 is 1.80. The quantitative estimate of drug-likeness (QED) is 0.730. The van der Waals surface area contributed by atoms with Crippen molar-refractivity contribution in [3.05, 3.63) is 17.0 Å². The normalized spacial score (nSPS) is 11.2. The van der Waals surface area contributed by atoms with Crippen LogP contribution in [0.1, 0.15) is 42.0 Å². The van der Waals surface area contributed by atoms with E-state index in [-0.39, 0.29) is 5.41 Å². The second-order valence-electron chi connectivity index (χ2n) is 4.67. The third kappa shape index (κ3) is 2.48. The SMILES string of the molecule is Cc1nn(CCC(C)(C)C#N)c(C)c1C=O. The summed E-state index contributed by atoms with van der Waals surface area (Å²) in [5.41, 5.74) is 1.94. The molecule has 1 rings (SSSR count). The number of nitrogens with zero attached hydrogens (tertiary/aromatic N) is 3. The molecule has 4 heteroatoms. The summed E-state index contributed by atoms with van der Waals surface area (Å²) in [6.07, 6.45) is 1.56. The first kappa shape index (κ1) is 12.4. The molecule has 0 spiro atoms. The first-order chi connectivity index (χ1) is 7.41. The number of aryl methyl sites for hydroxylation is 2. The molecule has 1 aromatic heterocycles. The van der Waals surface area contributed by atoms with E-state index in [1.54, 1.807) is 4.68 Å². The molecule has 0 N–H and O–H groups in total. The molecule has 16 heavy (non-hydrogen) atoms. The molecule has 0 bridgehead atoms. The standard InChI is InChI=1S/C12H17N3O/c1-9-11(7-16)10(2)15(14-9)6-5-12(3,4)8-13/h7H,5-6H2,1-4H3. The molecule has 0 atom stereocenters. The van der Waals surface area contributed by atoms with Gasteiger partial charge in [-0.05, 0) is 34.1 Å². The van der Waals surface area contributed by atoms with Crippen LogP contribution in [-0.4, -0.2) is 16.1 Å². The van der Waals surface area contributed by atoms with Crippen LogP contribution < -0.4 is 0 Å². The molecular formula is C12H17N3O. The lowest BCUT2D eigenvalue weighted by atomic mass is 9.91. The van der Waals surface area contributed by atoms with E-state index >= 15 is 0 Å². The zero-order chi connectivity index (χ0) is 12.3.